The van der Waals surface area contributed by atoms with E-state index in [0.717, 1.165) is 0 Å². The van der Waals surface area contributed by atoms with Gasteiger partial charge in [0.2, 0.25) is 5.95 Å². The number of nitrogens with two attached hydrogens (primary N) is 1. The number of anilines is 1. The number of nitrogens with one attached hydrogen (secondary N) is 1. The smallest absolute Gasteiger partial charge is 0.487 e. The summed E-state index contributed by atoms with van der Waals surface area (Å²) >= 11 is 1.18. The third-order valence-electron chi connectivity index (χ3n) is 4.24. The summed E-state index contributed by atoms with van der Waals surface area (Å²) in [4.78, 5) is 56.6. The van der Waals surface area contributed by atoms with Crippen molar-refractivity contribution in [2.24, 2.45) is 0 Å². The van der Waals surface area contributed by atoms with E-state index >= 15 is 0 Å². The van der Waals surface area contributed by atoms with E-state index in [1.165, 1.54) is 15.9 Å². The van der Waals surface area contributed by atoms with Crippen LogP contribution in [0.3, 0.4) is 0 Å². The highest BCUT2D eigenvalue weighted by atomic mass is 32.2. The average Bonchev–Trinajstić information content (AvgIpc) is 3.17. The molecule has 1 saturated heterocycles. The Morgan fingerprint density at radius 3 is 2.64 bits per heavy atom. The summed E-state index contributed by atoms with van der Waals surface area (Å²) in [5.41, 5.74) is 5.88. The Balaban J connectivity index is 1.73. The van der Waals surface area contributed by atoms with Crippen LogP contribution in [0.2, 0.25) is 0 Å². The highest BCUT2D eigenvalue weighted by Crippen LogP contribution is 2.65. The maximum atomic E-state index is 12.2. The number of hydrogen-bond acceptors (Lipinski definition) is 13. The van der Waals surface area contributed by atoms with Crippen LogP contribution in [-0.2, 0) is 31.6 Å². The number of hydrogen-bond donors (Lipinski definition) is 6. The predicted octanol–water partition coefficient (Wildman–Crippen LogP) is -0.665. The maximum absolute atomic E-state index is 12.2. The molecular formula is C12H18N4O13P3S-. The standard InChI is InChI=1S/C12H19N4O13P3S/c1-33-16-3-5(9-10(16)11(18)15-12(13)14-9)7-2-6(17)8(27-7)4-26-31(22,23)29-32(24,25)28-30(19,20)21/h3,6-8,17H,2,4H2,1H3,(H,22,23)(H,24,25)(H2,19,20,21)(H3,13,14,15,18)/p-1/t6?,7-,8-/m1/s1. The summed E-state index contributed by atoms with van der Waals surface area (Å²) in [6.45, 7) is -0.883. The first-order chi connectivity index (χ1) is 15.1. The van der Waals surface area contributed by atoms with Crippen LogP contribution in [0.15, 0.2) is 11.0 Å². The number of H-pyrrole nitrogens is 1. The second kappa shape index (κ2) is 9.51. The molecule has 3 unspecified atom stereocenters. The molecule has 17 nitrogen and oxygen atoms in total. The van der Waals surface area contributed by atoms with Gasteiger partial charge in [-0.2, -0.15) is 4.31 Å². The number of aliphatic hydroxyl groups excluding tert-OH is 1. The molecular weight excluding hydrogens is 533 g/mol. The van der Waals surface area contributed by atoms with Gasteiger partial charge in [0.15, 0.2) is 0 Å². The van der Waals surface area contributed by atoms with Gasteiger partial charge < -0.3 is 39.7 Å². The molecule has 1 fully saturated rings. The van der Waals surface area contributed by atoms with E-state index in [0.29, 0.717) is 5.56 Å². The quantitative estimate of drug-likeness (QED) is 0.211. The fraction of sp³-hybridized carbons (Fsp3) is 0.500. The largest absolute Gasteiger partial charge is 0.756 e. The molecule has 1 aliphatic rings. The highest BCUT2D eigenvalue weighted by molar-refractivity contribution is 7.97. The van der Waals surface area contributed by atoms with Gasteiger partial charge in [-0.25, -0.2) is 18.4 Å². The number of aromatic nitrogens is 3. The molecule has 0 radical (unpaired) electrons. The lowest BCUT2D eigenvalue weighted by Crippen LogP contribution is -2.27. The number of rotatable bonds is 9. The zero-order chi connectivity index (χ0) is 24.8. The molecule has 0 aromatic carbocycles. The monoisotopic (exact) mass is 551 g/mol. The lowest BCUT2D eigenvalue weighted by Gasteiger charge is -2.26. The Bertz CT molecular complexity index is 1240. The minimum Gasteiger partial charge on any atom is -0.756 e. The molecule has 2 aromatic heterocycles. The summed E-state index contributed by atoms with van der Waals surface area (Å²) in [5.74, 6) is -0.151. The molecule has 7 N–H and O–H groups in total. The molecule has 3 rings (SSSR count). The van der Waals surface area contributed by atoms with E-state index in [1.54, 1.807) is 12.5 Å². The van der Waals surface area contributed by atoms with Crippen LogP contribution in [0.5, 0.6) is 0 Å². The summed E-state index contributed by atoms with van der Waals surface area (Å²) in [7, 11) is -16.9. The molecule has 1 aliphatic heterocycles. The van der Waals surface area contributed by atoms with E-state index in [4.69, 9.17) is 25.2 Å². The second-order valence-corrected chi connectivity index (χ2v) is 11.7. The Hall–Kier alpha value is -1.10. The van der Waals surface area contributed by atoms with E-state index in [-0.39, 0.29) is 23.4 Å². The van der Waals surface area contributed by atoms with Crippen molar-refractivity contribution < 1.29 is 56.3 Å². The SMILES string of the molecule is CSn1cc([C@H]2CC(O)[C@@H](COP(=O)([O-])OP(=O)(O)OP(=O)(O)O)O2)c2nc(N)[nH]c(=O)c21. The summed E-state index contributed by atoms with van der Waals surface area (Å²) < 4.78 is 52.3. The van der Waals surface area contributed by atoms with Gasteiger partial charge in [-0.1, -0.05) is 0 Å². The van der Waals surface area contributed by atoms with Crippen molar-refractivity contribution in [2.45, 2.75) is 24.7 Å². The summed E-state index contributed by atoms with van der Waals surface area (Å²) in [5, 5.41) is 10.3. The first kappa shape index (κ1) is 26.5. The topological polar surface area (TPSA) is 269 Å². The number of phosphoric acid groups is 3. The lowest BCUT2D eigenvalue weighted by molar-refractivity contribution is -0.220. The van der Waals surface area contributed by atoms with Crippen molar-refractivity contribution in [3.8, 4) is 0 Å². The number of aliphatic hydroxyl groups is 1. The van der Waals surface area contributed by atoms with Gasteiger partial charge in [0.25, 0.3) is 13.4 Å². The predicted molar refractivity (Wildman–Crippen MR) is 110 cm³/mol. The van der Waals surface area contributed by atoms with Crippen LogP contribution in [0.25, 0.3) is 11.0 Å². The first-order valence-electron chi connectivity index (χ1n) is 8.66. The molecule has 186 valence electrons. The number of fused-ring (bicyclic) bond motifs is 1. The number of nitrogens with zero attached hydrogens (tertiary/aromatic N) is 2. The van der Waals surface area contributed by atoms with Crippen LogP contribution >= 0.6 is 35.4 Å². The Labute approximate surface area is 188 Å². The number of nitrogen functional groups attached to an aromatic ring is 1. The normalized spacial score (nSPS) is 25.2. The number of aromatic amines is 1. The van der Waals surface area contributed by atoms with Gasteiger partial charge >= 0.3 is 15.6 Å². The third-order valence-corrected chi connectivity index (χ3v) is 8.69. The van der Waals surface area contributed by atoms with Crippen LogP contribution in [-0.4, -0.2) is 58.8 Å². The third kappa shape index (κ3) is 6.52. The first-order valence-corrected chi connectivity index (χ1v) is 14.3. The molecule has 5 atom stereocenters. The van der Waals surface area contributed by atoms with Crippen molar-refractivity contribution in [3.05, 3.63) is 22.1 Å². The Kier molecular flexibility index (Phi) is 7.64. The van der Waals surface area contributed by atoms with Gasteiger partial charge in [0.05, 0.1) is 18.8 Å². The molecule has 2 aromatic rings. The van der Waals surface area contributed by atoms with Crippen molar-refractivity contribution in [2.75, 3.05) is 18.6 Å². The van der Waals surface area contributed by atoms with Crippen LogP contribution in [0.4, 0.5) is 5.95 Å². The van der Waals surface area contributed by atoms with Gasteiger partial charge in [-0.15, -0.1) is 0 Å². The number of ether oxygens (including phenoxy) is 1. The molecule has 0 amide bonds. The maximum Gasteiger partial charge on any atom is 0.487 e. The lowest BCUT2D eigenvalue weighted by atomic mass is 10.1. The van der Waals surface area contributed by atoms with Crippen LogP contribution in [0, 0.1) is 0 Å². The van der Waals surface area contributed by atoms with Crippen molar-refractivity contribution >= 4 is 52.4 Å². The van der Waals surface area contributed by atoms with Crippen molar-refractivity contribution in [3.63, 3.8) is 0 Å². The molecule has 0 bridgehead atoms. The van der Waals surface area contributed by atoms with Gasteiger partial charge in [0.1, 0.15) is 17.1 Å². The minimum atomic E-state index is -5.73. The Morgan fingerprint density at radius 2 is 2.03 bits per heavy atom. The fourth-order valence-corrected chi connectivity index (χ4v) is 6.63. The van der Waals surface area contributed by atoms with Gasteiger partial charge in [-0.3, -0.25) is 18.3 Å². The molecule has 0 aliphatic carbocycles. The Morgan fingerprint density at radius 1 is 1.36 bits per heavy atom. The molecule has 21 heteroatoms. The van der Waals surface area contributed by atoms with Crippen molar-refractivity contribution in [1.82, 2.24) is 13.9 Å². The summed E-state index contributed by atoms with van der Waals surface area (Å²) in [6, 6.07) is 0. The zero-order valence-electron chi connectivity index (χ0n) is 16.4. The van der Waals surface area contributed by atoms with Crippen molar-refractivity contribution in [1.29, 1.82) is 0 Å². The van der Waals surface area contributed by atoms with Gasteiger partial charge in [0, 0.05) is 24.4 Å². The van der Waals surface area contributed by atoms with E-state index in [1.807, 2.05) is 0 Å². The van der Waals surface area contributed by atoms with Gasteiger partial charge in [-0.05, 0) is 11.9 Å². The van der Waals surface area contributed by atoms with Crippen LogP contribution < -0.4 is 16.2 Å². The molecule has 3 heterocycles. The second-order valence-electron chi connectivity index (χ2n) is 6.57. The fourth-order valence-electron chi connectivity index (χ4n) is 3.06. The molecule has 0 saturated carbocycles. The average molecular weight is 551 g/mol. The number of phosphoric ester groups is 1. The van der Waals surface area contributed by atoms with E-state index in [2.05, 4.69) is 23.1 Å². The highest BCUT2D eigenvalue weighted by Gasteiger charge is 2.40. The zero-order valence-corrected chi connectivity index (χ0v) is 19.9. The van der Waals surface area contributed by atoms with E-state index < -0.39 is 53.9 Å². The molecule has 33 heavy (non-hydrogen) atoms. The summed E-state index contributed by atoms with van der Waals surface area (Å²) in [6.07, 6.45) is -0.211. The van der Waals surface area contributed by atoms with Crippen LogP contribution in [0.1, 0.15) is 18.1 Å². The van der Waals surface area contributed by atoms with E-state index in [9.17, 15) is 28.5 Å². The molecule has 0 spiro atoms. The minimum absolute atomic E-state index is 0.0558.